The van der Waals surface area contributed by atoms with Gasteiger partial charge in [-0.1, -0.05) is 65.7 Å². The fraction of sp³-hybridized carbons (Fsp3) is 1.00. The standard InChI is InChI=1S/C18H40N2O/c1-4-7-10-13-16-20-18(15-12-9-6-3)21-17(19)14-11-8-5-2/h17-18,20H,4-16,19H2,1-3H3. The summed E-state index contributed by atoms with van der Waals surface area (Å²) in [7, 11) is 0. The van der Waals surface area contributed by atoms with Crippen LogP contribution in [0, 0.1) is 0 Å². The van der Waals surface area contributed by atoms with Gasteiger partial charge in [0, 0.05) is 0 Å². The number of nitrogens with two attached hydrogens (primary N) is 1. The first-order valence-electron chi connectivity index (χ1n) is 9.38. The van der Waals surface area contributed by atoms with Crippen molar-refractivity contribution in [3.63, 3.8) is 0 Å². The summed E-state index contributed by atoms with van der Waals surface area (Å²) in [6, 6.07) is 0. The van der Waals surface area contributed by atoms with E-state index in [-0.39, 0.29) is 12.5 Å². The van der Waals surface area contributed by atoms with Crippen LogP contribution in [0.15, 0.2) is 0 Å². The van der Waals surface area contributed by atoms with Crippen molar-refractivity contribution in [2.75, 3.05) is 6.54 Å². The van der Waals surface area contributed by atoms with Gasteiger partial charge in [-0.2, -0.15) is 0 Å². The highest BCUT2D eigenvalue weighted by atomic mass is 16.5. The molecule has 0 aliphatic heterocycles. The molecule has 3 nitrogen and oxygen atoms in total. The largest absolute Gasteiger partial charge is 0.346 e. The van der Waals surface area contributed by atoms with Gasteiger partial charge in [-0.05, 0) is 38.6 Å². The summed E-state index contributed by atoms with van der Waals surface area (Å²) in [6.07, 6.45) is 14.7. The molecule has 0 aromatic rings. The van der Waals surface area contributed by atoms with Gasteiger partial charge in [-0.15, -0.1) is 0 Å². The highest BCUT2D eigenvalue weighted by Gasteiger charge is 2.12. The Labute approximate surface area is 133 Å². The monoisotopic (exact) mass is 300 g/mol. The van der Waals surface area contributed by atoms with Crippen LogP contribution in [0.1, 0.15) is 97.8 Å². The molecule has 0 spiro atoms. The first-order valence-corrected chi connectivity index (χ1v) is 9.38. The summed E-state index contributed by atoms with van der Waals surface area (Å²) in [5.74, 6) is 0. The predicted octanol–water partition coefficient (Wildman–Crippen LogP) is 4.94. The smallest absolute Gasteiger partial charge is 0.110 e. The van der Waals surface area contributed by atoms with Gasteiger partial charge in [0.2, 0.25) is 0 Å². The average molecular weight is 301 g/mol. The summed E-state index contributed by atoms with van der Waals surface area (Å²) in [4.78, 5) is 0. The van der Waals surface area contributed by atoms with Crippen molar-refractivity contribution in [3.05, 3.63) is 0 Å². The summed E-state index contributed by atoms with van der Waals surface area (Å²) in [5, 5.41) is 3.56. The van der Waals surface area contributed by atoms with Crippen LogP contribution in [0.2, 0.25) is 0 Å². The third-order valence-corrected chi connectivity index (χ3v) is 3.90. The van der Waals surface area contributed by atoms with Crippen molar-refractivity contribution in [1.29, 1.82) is 0 Å². The van der Waals surface area contributed by atoms with Gasteiger partial charge in [0.25, 0.3) is 0 Å². The first-order chi connectivity index (χ1) is 10.2. The van der Waals surface area contributed by atoms with Crippen LogP contribution in [0.5, 0.6) is 0 Å². The molecule has 0 saturated heterocycles. The molecule has 0 radical (unpaired) electrons. The van der Waals surface area contributed by atoms with Gasteiger partial charge in [0.05, 0.1) is 0 Å². The van der Waals surface area contributed by atoms with Crippen LogP contribution < -0.4 is 11.1 Å². The maximum Gasteiger partial charge on any atom is 0.110 e. The summed E-state index contributed by atoms with van der Waals surface area (Å²) in [5.41, 5.74) is 6.11. The molecule has 0 fully saturated rings. The summed E-state index contributed by atoms with van der Waals surface area (Å²) >= 11 is 0. The molecule has 0 rings (SSSR count). The van der Waals surface area contributed by atoms with Gasteiger partial charge < -0.3 is 10.5 Å². The molecule has 0 aliphatic carbocycles. The maximum atomic E-state index is 6.11. The Morgan fingerprint density at radius 3 is 1.95 bits per heavy atom. The second-order valence-electron chi connectivity index (χ2n) is 6.17. The number of unbranched alkanes of at least 4 members (excludes halogenated alkanes) is 7. The number of rotatable bonds is 16. The van der Waals surface area contributed by atoms with E-state index in [1.807, 2.05) is 0 Å². The van der Waals surface area contributed by atoms with E-state index in [0.29, 0.717) is 0 Å². The van der Waals surface area contributed by atoms with Crippen LogP contribution in [0.3, 0.4) is 0 Å². The fourth-order valence-electron chi connectivity index (χ4n) is 2.49. The third kappa shape index (κ3) is 14.6. The molecule has 2 unspecified atom stereocenters. The van der Waals surface area contributed by atoms with E-state index in [1.165, 1.54) is 64.2 Å². The minimum atomic E-state index is -0.105. The Morgan fingerprint density at radius 1 is 0.762 bits per heavy atom. The molecule has 0 aliphatic rings. The molecule has 128 valence electrons. The van der Waals surface area contributed by atoms with E-state index in [2.05, 4.69) is 26.1 Å². The quantitative estimate of drug-likeness (QED) is 0.313. The molecule has 0 amide bonds. The molecule has 0 aromatic carbocycles. The molecule has 3 N–H and O–H groups in total. The van der Waals surface area contributed by atoms with E-state index in [0.717, 1.165) is 19.4 Å². The molecule has 21 heavy (non-hydrogen) atoms. The third-order valence-electron chi connectivity index (χ3n) is 3.90. The number of ether oxygens (including phenoxy) is 1. The molecular weight excluding hydrogens is 260 g/mol. The second-order valence-corrected chi connectivity index (χ2v) is 6.17. The molecule has 2 atom stereocenters. The highest BCUT2D eigenvalue weighted by Crippen LogP contribution is 2.10. The SMILES string of the molecule is CCCCCCNC(CCCCC)OC(N)CCCCC. The predicted molar refractivity (Wildman–Crippen MR) is 93.3 cm³/mol. The van der Waals surface area contributed by atoms with Gasteiger partial charge in [0.15, 0.2) is 0 Å². The van der Waals surface area contributed by atoms with E-state index in [9.17, 15) is 0 Å². The van der Waals surface area contributed by atoms with Gasteiger partial charge in [0.1, 0.15) is 12.5 Å². The van der Waals surface area contributed by atoms with E-state index < -0.39 is 0 Å². The Hall–Kier alpha value is -0.120. The zero-order valence-corrected chi connectivity index (χ0v) is 14.8. The van der Waals surface area contributed by atoms with Gasteiger partial charge >= 0.3 is 0 Å². The molecule has 0 bridgehead atoms. The average Bonchev–Trinajstić information content (AvgIpc) is 2.47. The lowest BCUT2D eigenvalue weighted by Crippen LogP contribution is -2.39. The van der Waals surface area contributed by atoms with Crippen molar-refractivity contribution >= 4 is 0 Å². The van der Waals surface area contributed by atoms with Crippen LogP contribution >= 0.6 is 0 Å². The van der Waals surface area contributed by atoms with Gasteiger partial charge in [-0.3, -0.25) is 5.32 Å². The lowest BCUT2D eigenvalue weighted by molar-refractivity contribution is -0.0367. The van der Waals surface area contributed by atoms with E-state index >= 15 is 0 Å². The number of hydrogen-bond acceptors (Lipinski definition) is 3. The van der Waals surface area contributed by atoms with Crippen molar-refractivity contribution < 1.29 is 4.74 Å². The summed E-state index contributed by atoms with van der Waals surface area (Å²) < 4.78 is 6.02. The van der Waals surface area contributed by atoms with Crippen molar-refractivity contribution in [1.82, 2.24) is 5.32 Å². The zero-order valence-electron chi connectivity index (χ0n) is 14.8. The first kappa shape index (κ1) is 20.9. The Morgan fingerprint density at radius 2 is 1.33 bits per heavy atom. The molecule has 0 heterocycles. The Kier molecular flexibility index (Phi) is 16.2. The van der Waals surface area contributed by atoms with Crippen molar-refractivity contribution in [2.45, 2.75) is 110 Å². The fourth-order valence-corrected chi connectivity index (χ4v) is 2.49. The Bertz CT molecular complexity index is 200. The highest BCUT2D eigenvalue weighted by molar-refractivity contribution is 4.60. The summed E-state index contributed by atoms with van der Waals surface area (Å²) in [6.45, 7) is 7.76. The van der Waals surface area contributed by atoms with Crippen molar-refractivity contribution in [2.24, 2.45) is 5.73 Å². The van der Waals surface area contributed by atoms with E-state index in [1.54, 1.807) is 0 Å². The maximum absolute atomic E-state index is 6.11. The van der Waals surface area contributed by atoms with Crippen LogP contribution in [0.25, 0.3) is 0 Å². The van der Waals surface area contributed by atoms with Crippen LogP contribution in [-0.4, -0.2) is 19.0 Å². The van der Waals surface area contributed by atoms with Crippen LogP contribution in [0.4, 0.5) is 0 Å². The lowest BCUT2D eigenvalue weighted by atomic mass is 10.1. The molecule has 0 aromatic heterocycles. The lowest BCUT2D eigenvalue weighted by Gasteiger charge is -2.23. The minimum Gasteiger partial charge on any atom is -0.346 e. The normalized spacial score (nSPS) is 14.3. The Balaban J connectivity index is 3.88. The van der Waals surface area contributed by atoms with Crippen molar-refractivity contribution in [3.8, 4) is 0 Å². The van der Waals surface area contributed by atoms with Crippen LogP contribution in [-0.2, 0) is 4.74 Å². The minimum absolute atomic E-state index is 0.105. The van der Waals surface area contributed by atoms with E-state index in [4.69, 9.17) is 10.5 Å². The molecular formula is C18H40N2O. The number of hydrogen-bond donors (Lipinski definition) is 2. The second kappa shape index (κ2) is 16.3. The zero-order chi connectivity index (χ0) is 15.8. The molecule has 0 saturated carbocycles. The van der Waals surface area contributed by atoms with Gasteiger partial charge in [-0.25, -0.2) is 0 Å². The molecule has 3 heteroatoms. The number of nitrogens with one attached hydrogen (secondary N) is 1. The topological polar surface area (TPSA) is 47.3 Å².